The molecule has 0 amide bonds. The molecule has 0 atom stereocenters. The highest BCUT2D eigenvalue weighted by Gasteiger charge is 2.03. The predicted octanol–water partition coefficient (Wildman–Crippen LogP) is 0.905. The summed E-state index contributed by atoms with van der Waals surface area (Å²) < 4.78 is 0. The number of benzene rings is 1. The van der Waals surface area contributed by atoms with Gasteiger partial charge in [0.15, 0.2) is 0 Å². The summed E-state index contributed by atoms with van der Waals surface area (Å²) in [4.78, 5) is 9.91. The molecule has 1 aromatic carbocycles. The minimum Gasteiger partial charge on any atom is -0.320 e. The number of nitro groups is 1. The average molecular weight is 176 g/mol. The molecule has 4 nitrogen and oxygen atoms in total. The van der Waals surface area contributed by atoms with Gasteiger partial charge in [-0.1, -0.05) is 17.9 Å². The first-order chi connectivity index (χ1) is 6.24. The van der Waals surface area contributed by atoms with E-state index < -0.39 is 4.92 Å². The van der Waals surface area contributed by atoms with Crippen molar-refractivity contribution in [1.29, 1.82) is 0 Å². The van der Waals surface area contributed by atoms with Crippen LogP contribution >= 0.6 is 0 Å². The average Bonchev–Trinajstić information content (AvgIpc) is 2.15. The van der Waals surface area contributed by atoms with Crippen molar-refractivity contribution in [3.05, 3.63) is 39.9 Å². The van der Waals surface area contributed by atoms with E-state index in [2.05, 4.69) is 11.8 Å². The van der Waals surface area contributed by atoms with Gasteiger partial charge >= 0.3 is 0 Å². The smallest absolute Gasteiger partial charge is 0.270 e. The van der Waals surface area contributed by atoms with Crippen molar-refractivity contribution in [2.45, 2.75) is 0 Å². The monoisotopic (exact) mass is 176 g/mol. The summed E-state index contributed by atoms with van der Waals surface area (Å²) in [7, 11) is 0. The molecule has 0 spiro atoms. The maximum Gasteiger partial charge on any atom is 0.270 e. The number of hydrogen-bond acceptors (Lipinski definition) is 3. The van der Waals surface area contributed by atoms with Gasteiger partial charge in [-0.15, -0.1) is 0 Å². The van der Waals surface area contributed by atoms with Crippen LogP contribution in [0.2, 0.25) is 0 Å². The van der Waals surface area contributed by atoms with Gasteiger partial charge in [-0.3, -0.25) is 10.1 Å². The van der Waals surface area contributed by atoms with Gasteiger partial charge in [0.1, 0.15) is 0 Å². The number of nitro benzene ring substituents is 1. The third-order valence-electron chi connectivity index (χ3n) is 1.39. The van der Waals surface area contributed by atoms with E-state index in [9.17, 15) is 10.1 Å². The summed E-state index contributed by atoms with van der Waals surface area (Å²) in [6.07, 6.45) is 0. The highest BCUT2D eigenvalue weighted by Crippen LogP contribution is 2.11. The minimum atomic E-state index is -0.451. The van der Waals surface area contributed by atoms with Crippen molar-refractivity contribution >= 4 is 5.69 Å². The predicted molar refractivity (Wildman–Crippen MR) is 49.0 cm³/mol. The molecular weight excluding hydrogens is 168 g/mol. The van der Waals surface area contributed by atoms with Crippen LogP contribution in [0.15, 0.2) is 24.3 Å². The van der Waals surface area contributed by atoms with E-state index in [-0.39, 0.29) is 12.2 Å². The van der Waals surface area contributed by atoms with Gasteiger partial charge in [0.25, 0.3) is 5.69 Å². The molecule has 13 heavy (non-hydrogen) atoms. The number of rotatable bonds is 1. The Bertz CT molecular complexity index is 377. The lowest BCUT2D eigenvalue weighted by Gasteiger charge is -1.91. The van der Waals surface area contributed by atoms with Crippen LogP contribution in [-0.4, -0.2) is 11.5 Å². The fraction of sp³-hybridized carbons (Fsp3) is 0.111. The second-order valence-electron chi connectivity index (χ2n) is 2.31. The maximum absolute atomic E-state index is 10.4. The Morgan fingerprint density at radius 3 is 2.92 bits per heavy atom. The summed E-state index contributed by atoms with van der Waals surface area (Å²) in [5.41, 5.74) is 5.82. The SMILES string of the molecule is NCC#Cc1cccc([N+](=O)[O-])c1. The molecule has 0 fully saturated rings. The highest BCUT2D eigenvalue weighted by molar-refractivity contribution is 5.43. The van der Waals surface area contributed by atoms with Crippen LogP contribution in [0.3, 0.4) is 0 Å². The molecule has 2 N–H and O–H groups in total. The maximum atomic E-state index is 10.4. The van der Waals surface area contributed by atoms with Crippen molar-refractivity contribution in [3.8, 4) is 11.8 Å². The second kappa shape index (κ2) is 4.24. The fourth-order valence-electron chi connectivity index (χ4n) is 0.850. The third-order valence-corrected chi connectivity index (χ3v) is 1.39. The van der Waals surface area contributed by atoms with Gasteiger partial charge in [0, 0.05) is 17.7 Å². The Morgan fingerprint density at radius 2 is 2.31 bits per heavy atom. The molecule has 0 aliphatic rings. The molecule has 0 aliphatic heterocycles. The van der Waals surface area contributed by atoms with Gasteiger partial charge in [-0.2, -0.15) is 0 Å². The Labute approximate surface area is 75.5 Å². The van der Waals surface area contributed by atoms with Gasteiger partial charge in [0.05, 0.1) is 11.5 Å². The first-order valence-corrected chi connectivity index (χ1v) is 3.67. The van der Waals surface area contributed by atoms with Crippen molar-refractivity contribution in [2.75, 3.05) is 6.54 Å². The van der Waals surface area contributed by atoms with Crippen LogP contribution in [0.5, 0.6) is 0 Å². The van der Waals surface area contributed by atoms with Crippen molar-refractivity contribution < 1.29 is 4.92 Å². The first-order valence-electron chi connectivity index (χ1n) is 3.67. The molecule has 66 valence electrons. The van der Waals surface area contributed by atoms with E-state index in [1.165, 1.54) is 12.1 Å². The lowest BCUT2D eigenvalue weighted by molar-refractivity contribution is -0.384. The van der Waals surface area contributed by atoms with Gasteiger partial charge in [-0.25, -0.2) is 0 Å². The van der Waals surface area contributed by atoms with Crippen LogP contribution < -0.4 is 5.73 Å². The number of hydrogen-bond donors (Lipinski definition) is 1. The molecule has 0 saturated carbocycles. The molecule has 0 aliphatic carbocycles. The normalized spacial score (nSPS) is 8.69. The Hall–Kier alpha value is -1.86. The van der Waals surface area contributed by atoms with Crippen LogP contribution in [0.1, 0.15) is 5.56 Å². The van der Waals surface area contributed by atoms with Crippen molar-refractivity contribution in [2.24, 2.45) is 5.73 Å². The van der Waals surface area contributed by atoms with E-state index in [0.29, 0.717) is 5.56 Å². The third kappa shape index (κ3) is 2.58. The topological polar surface area (TPSA) is 69.2 Å². The molecule has 0 unspecified atom stereocenters. The summed E-state index contributed by atoms with van der Waals surface area (Å²) in [5, 5.41) is 10.4. The van der Waals surface area contributed by atoms with Crippen LogP contribution in [-0.2, 0) is 0 Å². The molecule has 4 heteroatoms. The zero-order valence-corrected chi connectivity index (χ0v) is 6.86. The Kier molecular flexibility index (Phi) is 3.01. The van der Waals surface area contributed by atoms with E-state index in [0.717, 1.165) is 0 Å². The molecule has 1 rings (SSSR count). The standard InChI is InChI=1S/C9H8N2O2/c10-6-2-4-8-3-1-5-9(7-8)11(12)13/h1,3,5,7H,6,10H2. The summed E-state index contributed by atoms with van der Waals surface area (Å²) in [6.45, 7) is 0.253. The Morgan fingerprint density at radius 1 is 1.54 bits per heavy atom. The zero-order valence-electron chi connectivity index (χ0n) is 6.86. The molecule has 0 saturated heterocycles. The summed E-state index contributed by atoms with van der Waals surface area (Å²) in [6, 6.07) is 6.14. The minimum absolute atomic E-state index is 0.0452. The molecule has 0 aromatic heterocycles. The molecule has 0 bridgehead atoms. The van der Waals surface area contributed by atoms with Crippen LogP contribution in [0, 0.1) is 22.0 Å². The van der Waals surface area contributed by atoms with E-state index in [1.807, 2.05) is 0 Å². The lowest BCUT2D eigenvalue weighted by atomic mass is 10.2. The van der Waals surface area contributed by atoms with Crippen LogP contribution in [0.4, 0.5) is 5.69 Å². The van der Waals surface area contributed by atoms with Gasteiger partial charge in [0.2, 0.25) is 0 Å². The lowest BCUT2D eigenvalue weighted by Crippen LogP contribution is -1.93. The molecule has 0 heterocycles. The first kappa shape index (κ1) is 9.23. The fourth-order valence-corrected chi connectivity index (χ4v) is 0.850. The van der Waals surface area contributed by atoms with Crippen LogP contribution in [0.25, 0.3) is 0 Å². The zero-order chi connectivity index (χ0) is 9.68. The van der Waals surface area contributed by atoms with E-state index in [1.54, 1.807) is 12.1 Å². The quantitative estimate of drug-likeness (QED) is 0.392. The number of nitrogens with zero attached hydrogens (tertiary/aromatic N) is 1. The van der Waals surface area contributed by atoms with Gasteiger partial charge in [-0.05, 0) is 6.07 Å². The van der Waals surface area contributed by atoms with E-state index in [4.69, 9.17) is 5.73 Å². The second-order valence-corrected chi connectivity index (χ2v) is 2.31. The largest absolute Gasteiger partial charge is 0.320 e. The van der Waals surface area contributed by atoms with E-state index >= 15 is 0 Å². The van der Waals surface area contributed by atoms with Crippen molar-refractivity contribution in [3.63, 3.8) is 0 Å². The van der Waals surface area contributed by atoms with Gasteiger partial charge < -0.3 is 5.73 Å². The number of non-ortho nitro benzene ring substituents is 1. The number of nitrogens with two attached hydrogens (primary N) is 1. The molecule has 0 radical (unpaired) electrons. The molecular formula is C9H8N2O2. The summed E-state index contributed by atoms with van der Waals surface area (Å²) in [5.74, 6) is 5.35. The van der Waals surface area contributed by atoms with Crippen molar-refractivity contribution in [1.82, 2.24) is 0 Å². The summed E-state index contributed by atoms with van der Waals surface area (Å²) >= 11 is 0. The molecule has 1 aromatic rings. The highest BCUT2D eigenvalue weighted by atomic mass is 16.6. The Balaban J connectivity index is 2.98.